The average Bonchev–Trinajstić information content (AvgIpc) is 2.49. The first kappa shape index (κ1) is 7.60. The molecular weight excluding hydrogens is 170 g/mol. The summed E-state index contributed by atoms with van der Waals surface area (Å²) in [4.78, 5) is 17.2. The van der Waals surface area contributed by atoms with E-state index in [0.717, 1.165) is 11.0 Å². The number of amides is 1. The van der Waals surface area contributed by atoms with Crippen LogP contribution in [-0.4, -0.2) is 21.2 Å². The highest BCUT2D eigenvalue weighted by Crippen LogP contribution is 2.15. The fraction of sp³-hybridized carbons (Fsp3) is 0. The predicted molar refractivity (Wildman–Crippen MR) is 47.7 cm³/mol. The van der Waals surface area contributed by atoms with E-state index in [4.69, 9.17) is 5.11 Å². The summed E-state index contributed by atoms with van der Waals surface area (Å²) in [5, 5.41) is 10.7. The van der Waals surface area contributed by atoms with Crippen molar-refractivity contribution in [3.05, 3.63) is 24.5 Å². The highest BCUT2D eigenvalue weighted by Gasteiger charge is 2.00. The summed E-state index contributed by atoms with van der Waals surface area (Å²) in [6.45, 7) is 0. The van der Waals surface area contributed by atoms with E-state index in [-0.39, 0.29) is 0 Å². The number of nitrogens with one attached hydrogen (secondary N) is 2. The van der Waals surface area contributed by atoms with Crippen LogP contribution >= 0.6 is 0 Å². The molecule has 66 valence electrons. The third-order valence-electron chi connectivity index (χ3n) is 1.67. The molecule has 1 heterocycles. The van der Waals surface area contributed by atoms with Crippen molar-refractivity contribution in [3.63, 3.8) is 0 Å². The second-order valence-electron chi connectivity index (χ2n) is 2.56. The topological polar surface area (TPSA) is 78.0 Å². The average molecular weight is 177 g/mol. The van der Waals surface area contributed by atoms with Crippen molar-refractivity contribution in [1.29, 1.82) is 0 Å². The standard InChI is InChI=1S/C8H7N3O2/c12-8(13)11-5-1-2-6-7(3-5)10-4-9-6/h1-4,11H,(H,9,10)(H,12,13). The number of imidazole rings is 1. The van der Waals surface area contributed by atoms with Gasteiger partial charge in [0, 0.05) is 5.69 Å². The van der Waals surface area contributed by atoms with Crippen molar-refractivity contribution in [1.82, 2.24) is 9.97 Å². The zero-order valence-electron chi connectivity index (χ0n) is 6.61. The second kappa shape index (κ2) is 2.78. The van der Waals surface area contributed by atoms with Crippen molar-refractivity contribution < 1.29 is 9.90 Å². The molecule has 0 aliphatic rings. The van der Waals surface area contributed by atoms with Gasteiger partial charge in [-0.05, 0) is 18.2 Å². The first-order valence-electron chi connectivity index (χ1n) is 3.69. The smallest absolute Gasteiger partial charge is 0.409 e. The number of benzene rings is 1. The van der Waals surface area contributed by atoms with Gasteiger partial charge in [-0.3, -0.25) is 5.32 Å². The molecule has 1 aromatic heterocycles. The van der Waals surface area contributed by atoms with Crippen molar-refractivity contribution in [2.45, 2.75) is 0 Å². The molecule has 0 spiro atoms. The monoisotopic (exact) mass is 177 g/mol. The number of fused-ring (bicyclic) bond motifs is 1. The minimum absolute atomic E-state index is 0.520. The van der Waals surface area contributed by atoms with E-state index in [1.165, 1.54) is 0 Å². The van der Waals surface area contributed by atoms with Gasteiger partial charge in [0.25, 0.3) is 0 Å². The zero-order chi connectivity index (χ0) is 9.26. The van der Waals surface area contributed by atoms with Crippen LogP contribution in [0.4, 0.5) is 10.5 Å². The van der Waals surface area contributed by atoms with Crippen LogP contribution in [0.3, 0.4) is 0 Å². The minimum atomic E-state index is -1.07. The van der Waals surface area contributed by atoms with Crippen LogP contribution in [0.2, 0.25) is 0 Å². The number of anilines is 1. The molecule has 5 heteroatoms. The Kier molecular flexibility index (Phi) is 1.63. The molecule has 0 aliphatic heterocycles. The van der Waals surface area contributed by atoms with Crippen molar-refractivity contribution in [3.8, 4) is 0 Å². The Morgan fingerprint density at radius 1 is 1.54 bits per heavy atom. The molecule has 3 N–H and O–H groups in total. The summed E-state index contributed by atoms with van der Waals surface area (Å²) >= 11 is 0. The summed E-state index contributed by atoms with van der Waals surface area (Å²) in [6, 6.07) is 5.11. The van der Waals surface area contributed by atoms with E-state index in [9.17, 15) is 4.79 Å². The molecule has 2 rings (SSSR count). The lowest BCUT2D eigenvalue weighted by Gasteiger charge is -1.98. The summed E-state index contributed by atoms with van der Waals surface area (Å²) in [5.74, 6) is 0. The summed E-state index contributed by atoms with van der Waals surface area (Å²) < 4.78 is 0. The normalized spacial score (nSPS) is 10.2. The van der Waals surface area contributed by atoms with E-state index in [2.05, 4.69) is 15.3 Å². The van der Waals surface area contributed by atoms with Gasteiger partial charge in [0.05, 0.1) is 17.4 Å². The third kappa shape index (κ3) is 1.44. The van der Waals surface area contributed by atoms with Gasteiger partial charge in [-0.2, -0.15) is 0 Å². The quantitative estimate of drug-likeness (QED) is 0.619. The maximum absolute atomic E-state index is 10.3. The van der Waals surface area contributed by atoms with Gasteiger partial charge in [0.15, 0.2) is 0 Å². The van der Waals surface area contributed by atoms with Crippen LogP contribution in [0, 0.1) is 0 Å². The number of hydrogen-bond donors (Lipinski definition) is 3. The highest BCUT2D eigenvalue weighted by atomic mass is 16.4. The molecule has 0 unspecified atom stereocenters. The van der Waals surface area contributed by atoms with Gasteiger partial charge < -0.3 is 10.1 Å². The minimum Gasteiger partial charge on any atom is -0.465 e. The molecule has 1 amide bonds. The van der Waals surface area contributed by atoms with E-state index < -0.39 is 6.09 Å². The Hall–Kier alpha value is -2.04. The first-order valence-corrected chi connectivity index (χ1v) is 3.69. The van der Waals surface area contributed by atoms with Gasteiger partial charge in [-0.1, -0.05) is 0 Å². The Bertz CT molecular complexity index is 449. The molecule has 0 atom stereocenters. The van der Waals surface area contributed by atoms with Gasteiger partial charge in [-0.25, -0.2) is 9.78 Å². The molecule has 13 heavy (non-hydrogen) atoms. The van der Waals surface area contributed by atoms with Crippen LogP contribution in [0.5, 0.6) is 0 Å². The molecule has 0 bridgehead atoms. The fourth-order valence-corrected chi connectivity index (χ4v) is 1.13. The van der Waals surface area contributed by atoms with Crippen LogP contribution in [0.15, 0.2) is 24.5 Å². The van der Waals surface area contributed by atoms with E-state index in [0.29, 0.717) is 5.69 Å². The maximum Gasteiger partial charge on any atom is 0.409 e. The number of aromatic nitrogens is 2. The fourth-order valence-electron chi connectivity index (χ4n) is 1.13. The summed E-state index contributed by atoms with van der Waals surface area (Å²) in [6.07, 6.45) is 0.491. The SMILES string of the molecule is O=C(O)Nc1ccc2[nH]cnc2c1. The van der Waals surface area contributed by atoms with Crippen molar-refractivity contribution >= 4 is 22.8 Å². The lowest BCUT2D eigenvalue weighted by molar-refractivity contribution is 0.210. The number of rotatable bonds is 1. The zero-order valence-corrected chi connectivity index (χ0v) is 6.61. The van der Waals surface area contributed by atoms with Gasteiger partial charge in [0.2, 0.25) is 0 Å². The predicted octanol–water partition coefficient (Wildman–Crippen LogP) is 1.65. The number of hydrogen-bond acceptors (Lipinski definition) is 2. The van der Waals surface area contributed by atoms with Crippen LogP contribution < -0.4 is 5.32 Å². The maximum atomic E-state index is 10.3. The first-order chi connectivity index (χ1) is 6.25. The highest BCUT2D eigenvalue weighted by molar-refractivity contribution is 5.87. The van der Waals surface area contributed by atoms with Crippen LogP contribution in [0.1, 0.15) is 0 Å². The Morgan fingerprint density at radius 3 is 3.15 bits per heavy atom. The van der Waals surface area contributed by atoms with Gasteiger partial charge in [0.1, 0.15) is 0 Å². The van der Waals surface area contributed by atoms with Crippen molar-refractivity contribution in [2.24, 2.45) is 0 Å². The molecule has 2 aromatic rings. The van der Waals surface area contributed by atoms with E-state index in [1.807, 2.05) is 0 Å². The molecule has 5 nitrogen and oxygen atoms in total. The van der Waals surface area contributed by atoms with E-state index >= 15 is 0 Å². The van der Waals surface area contributed by atoms with Crippen LogP contribution in [0.25, 0.3) is 11.0 Å². The number of carbonyl (C=O) groups is 1. The largest absolute Gasteiger partial charge is 0.465 e. The Labute approximate surface area is 73.4 Å². The summed E-state index contributed by atoms with van der Waals surface area (Å²) in [5.41, 5.74) is 2.15. The summed E-state index contributed by atoms with van der Waals surface area (Å²) in [7, 11) is 0. The number of nitrogens with zero attached hydrogens (tertiary/aromatic N) is 1. The van der Waals surface area contributed by atoms with E-state index in [1.54, 1.807) is 24.5 Å². The Morgan fingerprint density at radius 2 is 2.38 bits per heavy atom. The molecule has 1 aromatic carbocycles. The second-order valence-corrected chi connectivity index (χ2v) is 2.56. The lowest BCUT2D eigenvalue weighted by atomic mass is 10.3. The molecule has 0 saturated heterocycles. The van der Waals surface area contributed by atoms with Crippen molar-refractivity contribution in [2.75, 3.05) is 5.32 Å². The van der Waals surface area contributed by atoms with Gasteiger partial charge in [-0.15, -0.1) is 0 Å². The van der Waals surface area contributed by atoms with Crippen LogP contribution in [-0.2, 0) is 0 Å². The number of H-pyrrole nitrogens is 1. The van der Waals surface area contributed by atoms with Gasteiger partial charge >= 0.3 is 6.09 Å². The molecule has 0 aliphatic carbocycles. The molecule has 0 radical (unpaired) electrons. The number of aromatic amines is 1. The molecule has 0 saturated carbocycles. The third-order valence-corrected chi connectivity index (χ3v) is 1.67. The molecule has 0 fully saturated rings. The lowest BCUT2D eigenvalue weighted by Crippen LogP contribution is -2.06. The Balaban J connectivity index is 2.42. The number of carboxylic acid groups (broad SMARTS) is 1. The molecular formula is C8H7N3O2.